The fourth-order valence-electron chi connectivity index (χ4n) is 1.84. The minimum Gasteiger partial charge on any atom is -0.493 e. The van der Waals surface area contributed by atoms with E-state index in [0.717, 1.165) is 35.1 Å². The average Bonchev–Trinajstić information content (AvgIpc) is 2.29. The first kappa shape index (κ1) is 13.7. The predicted octanol–water partition coefficient (Wildman–Crippen LogP) is 2.46. The molecule has 17 heavy (non-hydrogen) atoms. The highest BCUT2D eigenvalue weighted by molar-refractivity contribution is 5.58. The number of aryl methyl sites for hydroxylation is 2. The van der Waals surface area contributed by atoms with E-state index < -0.39 is 0 Å². The van der Waals surface area contributed by atoms with Crippen LogP contribution < -0.4 is 4.74 Å². The number of aldehydes is 1. The molecule has 0 aromatic heterocycles. The fraction of sp³-hybridized carbons (Fsp3) is 0.500. The van der Waals surface area contributed by atoms with Gasteiger partial charge in [0.05, 0.1) is 6.61 Å². The first-order valence-electron chi connectivity index (χ1n) is 5.84. The molecule has 0 aliphatic carbocycles. The van der Waals surface area contributed by atoms with E-state index >= 15 is 0 Å². The Labute approximate surface area is 103 Å². The van der Waals surface area contributed by atoms with Crippen LogP contribution in [-0.4, -0.2) is 26.6 Å². The summed E-state index contributed by atoms with van der Waals surface area (Å²) in [5.74, 6) is 0.866. The minimum atomic E-state index is 0.474. The first-order valence-corrected chi connectivity index (χ1v) is 5.84. The summed E-state index contributed by atoms with van der Waals surface area (Å²) in [6, 6.07) is 3.97. The van der Waals surface area contributed by atoms with Crippen LogP contribution in [0.15, 0.2) is 12.1 Å². The van der Waals surface area contributed by atoms with E-state index in [1.165, 1.54) is 0 Å². The molecule has 0 aliphatic heterocycles. The van der Waals surface area contributed by atoms with Gasteiger partial charge in [-0.25, -0.2) is 0 Å². The summed E-state index contributed by atoms with van der Waals surface area (Å²) in [6.45, 7) is 5.38. The van der Waals surface area contributed by atoms with E-state index in [1.54, 1.807) is 7.11 Å². The van der Waals surface area contributed by atoms with Gasteiger partial charge in [0.25, 0.3) is 0 Å². The van der Waals surface area contributed by atoms with Gasteiger partial charge in [0.1, 0.15) is 12.0 Å². The molecule has 94 valence electrons. The van der Waals surface area contributed by atoms with Crippen LogP contribution in [0, 0.1) is 13.8 Å². The quantitative estimate of drug-likeness (QED) is 0.539. The standard InChI is InChI=1S/C14H20O3/c1-11-9-13(17-8-4-7-16-3)10-12(2)14(11)5-6-15/h6,9-10H,4-5,7-8H2,1-3H3. The Kier molecular flexibility index (Phi) is 5.70. The van der Waals surface area contributed by atoms with Crippen molar-refractivity contribution >= 4 is 6.29 Å². The van der Waals surface area contributed by atoms with Crippen molar-refractivity contribution in [3.8, 4) is 5.75 Å². The molecule has 0 radical (unpaired) electrons. The van der Waals surface area contributed by atoms with Crippen LogP contribution in [0.4, 0.5) is 0 Å². The molecule has 0 unspecified atom stereocenters. The lowest BCUT2D eigenvalue weighted by molar-refractivity contribution is -0.107. The van der Waals surface area contributed by atoms with Gasteiger partial charge in [0, 0.05) is 26.6 Å². The molecule has 0 bridgehead atoms. The van der Waals surface area contributed by atoms with Crippen molar-refractivity contribution in [3.05, 3.63) is 28.8 Å². The molecule has 0 spiro atoms. The zero-order valence-electron chi connectivity index (χ0n) is 10.8. The summed E-state index contributed by atoms with van der Waals surface area (Å²) >= 11 is 0. The molecule has 0 saturated heterocycles. The van der Waals surface area contributed by atoms with E-state index in [2.05, 4.69) is 0 Å². The third-order valence-corrected chi connectivity index (χ3v) is 2.72. The lowest BCUT2D eigenvalue weighted by atomic mass is 10.0. The molecule has 0 heterocycles. The Morgan fingerprint density at radius 3 is 2.35 bits per heavy atom. The van der Waals surface area contributed by atoms with Gasteiger partial charge in [-0.15, -0.1) is 0 Å². The molecular formula is C14H20O3. The van der Waals surface area contributed by atoms with Crippen LogP contribution in [0.1, 0.15) is 23.1 Å². The topological polar surface area (TPSA) is 35.5 Å². The number of ether oxygens (including phenoxy) is 2. The van der Waals surface area contributed by atoms with Crippen molar-refractivity contribution in [2.24, 2.45) is 0 Å². The normalized spacial score (nSPS) is 10.3. The summed E-state index contributed by atoms with van der Waals surface area (Å²) in [6.07, 6.45) is 2.29. The second-order valence-corrected chi connectivity index (χ2v) is 4.10. The van der Waals surface area contributed by atoms with Crippen molar-refractivity contribution in [2.45, 2.75) is 26.7 Å². The Morgan fingerprint density at radius 1 is 1.18 bits per heavy atom. The van der Waals surface area contributed by atoms with Crippen molar-refractivity contribution in [1.82, 2.24) is 0 Å². The zero-order chi connectivity index (χ0) is 12.7. The van der Waals surface area contributed by atoms with Crippen molar-refractivity contribution in [2.75, 3.05) is 20.3 Å². The largest absolute Gasteiger partial charge is 0.493 e. The Balaban J connectivity index is 2.66. The van der Waals surface area contributed by atoms with Crippen molar-refractivity contribution in [3.63, 3.8) is 0 Å². The van der Waals surface area contributed by atoms with Crippen molar-refractivity contribution in [1.29, 1.82) is 0 Å². The van der Waals surface area contributed by atoms with Gasteiger partial charge >= 0.3 is 0 Å². The molecule has 1 aromatic rings. The zero-order valence-corrected chi connectivity index (χ0v) is 10.8. The molecule has 0 aliphatic rings. The SMILES string of the molecule is COCCCOc1cc(C)c(CC=O)c(C)c1. The number of carbonyl (C=O) groups excluding carboxylic acids is 1. The van der Waals surface area contributed by atoms with Crippen LogP contribution in [0.3, 0.4) is 0 Å². The molecular weight excluding hydrogens is 216 g/mol. The lowest BCUT2D eigenvalue weighted by Crippen LogP contribution is -2.03. The maximum Gasteiger partial charge on any atom is 0.124 e. The second kappa shape index (κ2) is 7.07. The number of hydrogen-bond donors (Lipinski definition) is 0. The minimum absolute atomic E-state index is 0.474. The highest BCUT2D eigenvalue weighted by Gasteiger charge is 2.05. The number of carbonyl (C=O) groups is 1. The summed E-state index contributed by atoms with van der Waals surface area (Å²) in [4.78, 5) is 10.6. The van der Waals surface area contributed by atoms with Gasteiger partial charge in [-0.05, 0) is 42.7 Å². The fourth-order valence-corrected chi connectivity index (χ4v) is 1.84. The Bertz CT molecular complexity index is 349. The van der Waals surface area contributed by atoms with Crippen molar-refractivity contribution < 1.29 is 14.3 Å². The number of methoxy groups -OCH3 is 1. The lowest BCUT2D eigenvalue weighted by Gasteiger charge is -2.11. The maximum atomic E-state index is 10.6. The van der Waals surface area contributed by atoms with Crippen LogP contribution in [0.5, 0.6) is 5.75 Å². The van der Waals surface area contributed by atoms with E-state index in [-0.39, 0.29) is 0 Å². The monoisotopic (exact) mass is 236 g/mol. The van der Waals surface area contributed by atoms with Crippen LogP contribution in [0.2, 0.25) is 0 Å². The van der Waals surface area contributed by atoms with E-state index in [9.17, 15) is 4.79 Å². The molecule has 0 fully saturated rings. The molecule has 0 atom stereocenters. The summed E-state index contributed by atoms with van der Waals surface area (Å²) in [7, 11) is 1.68. The van der Waals surface area contributed by atoms with Gasteiger partial charge in [0.15, 0.2) is 0 Å². The van der Waals surface area contributed by atoms with E-state index in [1.807, 2.05) is 26.0 Å². The molecule has 0 N–H and O–H groups in total. The number of benzene rings is 1. The summed E-state index contributed by atoms with van der Waals surface area (Å²) in [5, 5.41) is 0. The molecule has 1 aromatic carbocycles. The molecule has 0 amide bonds. The van der Waals surface area contributed by atoms with Crippen LogP contribution in [-0.2, 0) is 16.0 Å². The van der Waals surface area contributed by atoms with E-state index in [0.29, 0.717) is 19.6 Å². The Hall–Kier alpha value is -1.35. The van der Waals surface area contributed by atoms with Gasteiger partial charge in [-0.3, -0.25) is 0 Å². The summed E-state index contributed by atoms with van der Waals surface area (Å²) < 4.78 is 10.6. The molecule has 3 nitrogen and oxygen atoms in total. The van der Waals surface area contributed by atoms with Gasteiger partial charge in [0.2, 0.25) is 0 Å². The maximum absolute atomic E-state index is 10.6. The van der Waals surface area contributed by atoms with E-state index in [4.69, 9.17) is 9.47 Å². The summed E-state index contributed by atoms with van der Waals surface area (Å²) in [5.41, 5.74) is 3.32. The molecule has 0 saturated carbocycles. The highest BCUT2D eigenvalue weighted by atomic mass is 16.5. The smallest absolute Gasteiger partial charge is 0.124 e. The van der Waals surface area contributed by atoms with Crippen LogP contribution >= 0.6 is 0 Å². The first-order chi connectivity index (χ1) is 8.19. The molecule has 1 rings (SSSR count). The van der Waals surface area contributed by atoms with Gasteiger partial charge in [-0.1, -0.05) is 0 Å². The highest BCUT2D eigenvalue weighted by Crippen LogP contribution is 2.22. The predicted molar refractivity (Wildman–Crippen MR) is 67.7 cm³/mol. The number of rotatable bonds is 7. The Morgan fingerprint density at radius 2 is 1.82 bits per heavy atom. The molecule has 3 heteroatoms. The number of hydrogen-bond acceptors (Lipinski definition) is 3. The van der Waals surface area contributed by atoms with Gasteiger partial charge in [-0.2, -0.15) is 0 Å². The second-order valence-electron chi connectivity index (χ2n) is 4.10. The third kappa shape index (κ3) is 4.19. The van der Waals surface area contributed by atoms with Gasteiger partial charge < -0.3 is 14.3 Å². The third-order valence-electron chi connectivity index (χ3n) is 2.72. The van der Waals surface area contributed by atoms with Crippen LogP contribution in [0.25, 0.3) is 0 Å². The average molecular weight is 236 g/mol.